The lowest BCUT2D eigenvalue weighted by molar-refractivity contribution is 0.336. The largest absolute Gasteiger partial charge is 0.494 e. The van der Waals surface area contributed by atoms with Gasteiger partial charge in [-0.3, -0.25) is 4.68 Å². The summed E-state index contributed by atoms with van der Waals surface area (Å²) in [7, 11) is 0. The molecule has 0 saturated carbocycles. The summed E-state index contributed by atoms with van der Waals surface area (Å²) < 4.78 is 7.58. The molecule has 0 aliphatic carbocycles. The second-order valence-electron chi connectivity index (χ2n) is 5.29. The molecular weight excluding hydrogens is 429 g/mol. The van der Waals surface area contributed by atoms with Crippen LogP contribution in [0.5, 0.6) is 5.75 Å². The van der Waals surface area contributed by atoms with Gasteiger partial charge in [0.25, 0.3) is 0 Å². The number of aliphatic imine (C=N–C) groups is 1. The minimum Gasteiger partial charge on any atom is -0.494 e. The molecule has 0 aliphatic rings. The molecule has 0 fully saturated rings. The van der Waals surface area contributed by atoms with Crippen LogP contribution in [0, 0.1) is 0 Å². The zero-order valence-corrected chi connectivity index (χ0v) is 17.3. The summed E-state index contributed by atoms with van der Waals surface area (Å²) in [5.74, 6) is 1.72. The van der Waals surface area contributed by atoms with E-state index in [1.165, 1.54) is 0 Å². The molecule has 0 amide bonds. The molecule has 1 aromatic carbocycles. The number of aryl methyl sites for hydroxylation is 1. The van der Waals surface area contributed by atoms with E-state index in [0.717, 1.165) is 43.3 Å². The van der Waals surface area contributed by atoms with Crippen LogP contribution in [0.25, 0.3) is 0 Å². The third kappa shape index (κ3) is 7.76. The van der Waals surface area contributed by atoms with E-state index in [1.807, 2.05) is 42.1 Å². The Morgan fingerprint density at radius 3 is 2.76 bits per heavy atom. The Kier molecular flexibility index (Phi) is 10.7. The molecule has 0 aliphatic heterocycles. The Bertz CT molecular complexity index is 616. The number of aromatic nitrogens is 2. The molecule has 0 bridgehead atoms. The third-order valence-electron chi connectivity index (χ3n) is 3.44. The van der Waals surface area contributed by atoms with Crippen molar-refractivity contribution < 1.29 is 4.74 Å². The number of guanidine groups is 1. The number of hydrogen-bond donors (Lipinski definition) is 2. The van der Waals surface area contributed by atoms with Gasteiger partial charge in [0.15, 0.2) is 5.96 Å². The smallest absolute Gasteiger partial charge is 0.191 e. The molecule has 0 saturated heterocycles. The highest BCUT2D eigenvalue weighted by atomic mass is 127. The van der Waals surface area contributed by atoms with Crippen molar-refractivity contribution in [2.45, 2.75) is 33.4 Å². The van der Waals surface area contributed by atoms with Crippen LogP contribution >= 0.6 is 24.0 Å². The Morgan fingerprint density at radius 1 is 1.20 bits per heavy atom. The molecule has 2 aromatic rings. The molecule has 25 heavy (non-hydrogen) atoms. The van der Waals surface area contributed by atoms with Gasteiger partial charge < -0.3 is 15.4 Å². The molecule has 0 atom stereocenters. The van der Waals surface area contributed by atoms with Crippen LogP contribution in [-0.4, -0.2) is 35.4 Å². The van der Waals surface area contributed by atoms with Gasteiger partial charge in [-0.05, 0) is 32.4 Å². The zero-order valence-electron chi connectivity index (χ0n) is 14.9. The summed E-state index contributed by atoms with van der Waals surface area (Å²) in [6.45, 7) is 7.88. The van der Waals surface area contributed by atoms with E-state index in [1.54, 1.807) is 6.20 Å². The molecule has 6 nitrogen and oxygen atoms in total. The lowest BCUT2D eigenvalue weighted by atomic mass is 10.2. The van der Waals surface area contributed by atoms with Crippen molar-refractivity contribution in [3.05, 3.63) is 48.3 Å². The normalized spacial score (nSPS) is 10.9. The van der Waals surface area contributed by atoms with Crippen molar-refractivity contribution in [2.75, 3.05) is 19.7 Å². The predicted octanol–water partition coefficient (Wildman–Crippen LogP) is 3.05. The number of ether oxygens (including phenoxy) is 1. The predicted molar refractivity (Wildman–Crippen MR) is 113 cm³/mol. The maximum atomic E-state index is 5.65. The number of nitrogens with one attached hydrogen (secondary N) is 2. The van der Waals surface area contributed by atoms with Gasteiger partial charge in [0, 0.05) is 37.6 Å². The fourth-order valence-corrected chi connectivity index (χ4v) is 2.32. The number of para-hydroxylation sites is 1. The van der Waals surface area contributed by atoms with E-state index in [2.05, 4.69) is 33.7 Å². The van der Waals surface area contributed by atoms with Crippen molar-refractivity contribution in [3.63, 3.8) is 0 Å². The second-order valence-corrected chi connectivity index (χ2v) is 5.29. The maximum absolute atomic E-state index is 5.65. The van der Waals surface area contributed by atoms with E-state index >= 15 is 0 Å². The SMILES string of the molecule is CCNC(=NCc1ccccc1OCC)NCCCn1cccn1.I. The van der Waals surface area contributed by atoms with Crippen LogP contribution in [0.4, 0.5) is 0 Å². The van der Waals surface area contributed by atoms with Crippen molar-refractivity contribution in [3.8, 4) is 5.75 Å². The molecule has 0 radical (unpaired) electrons. The lowest BCUT2D eigenvalue weighted by Gasteiger charge is -2.12. The maximum Gasteiger partial charge on any atom is 0.191 e. The molecule has 1 heterocycles. The highest BCUT2D eigenvalue weighted by molar-refractivity contribution is 14.0. The first-order valence-electron chi connectivity index (χ1n) is 8.53. The average Bonchev–Trinajstić information content (AvgIpc) is 3.11. The Morgan fingerprint density at radius 2 is 2.04 bits per heavy atom. The molecule has 0 spiro atoms. The minimum atomic E-state index is 0. The lowest BCUT2D eigenvalue weighted by Crippen LogP contribution is -2.38. The summed E-state index contributed by atoms with van der Waals surface area (Å²) >= 11 is 0. The van der Waals surface area contributed by atoms with Crippen LogP contribution < -0.4 is 15.4 Å². The van der Waals surface area contributed by atoms with E-state index < -0.39 is 0 Å². The van der Waals surface area contributed by atoms with Gasteiger partial charge in [-0.15, -0.1) is 24.0 Å². The molecular formula is C18H28IN5O. The molecule has 2 rings (SSSR count). The van der Waals surface area contributed by atoms with Crippen molar-refractivity contribution in [2.24, 2.45) is 4.99 Å². The van der Waals surface area contributed by atoms with Crippen LogP contribution in [0.15, 0.2) is 47.7 Å². The van der Waals surface area contributed by atoms with Gasteiger partial charge in [0.05, 0.1) is 13.2 Å². The average molecular weight is 457 g/mol. The second kappa shape index (κ2) is 12.6. The Labute approximate surface area is 167 Å². The fraction of sp³-hybridized carbons (Fsp3) is 0.444. The molecule has 0 unspecified atom stereocenters. The zero-order chi connectivity index (χ0) is 17.0. The molecule has 2 N–H and O–H groups in total. The number of nitrogens with zero attached hydrogens (tertiary/aromatic N) is 3. The summed E-state index contributed by atoms with van der Waals surface area (Å²) in [5, 5.41) is 10.8. The first kappa shape index (κ1) is 21.3. The number of benzene rings is 1. The summed E-state index contributed by atoms with van der Waals surface area (Å²) in [5.41, 5.74) is 1.09. The van der Waals surface area contributed by atoms with Crippen LogP contribution in [0.2, 0.25) is 0 Å². The summed E-state index contributed by atoms with van der Waals surface area (Å²) in [4.78, 5) is 4.65. The van der Waals surface area contributed by atoms with Gasteiger partial charge in [-0.25, -0.2) is 4.99 Å². The number of halogens is 1. The van der Waals surface area contributed by atoms with Gasteiger partial charge in [-0.1, -0.05) is 18.2 Å². The first-order valence-corrected chi connectivity index (χ1v) is 8.53. The molecule has 138 valence electrons. The van der Waals surface area contributed by atoms with Gasteiger partial charge in [0.2, 0.25) is 0 Å². The van der Waals surface area contributed by atoms with Crippen LogP contribution in [-0.2, 0) is 13.1 Å². The Hall–Kier alpha value is -1.77. The topological polar surface area (TPSA) is 63.5 Å². The highest BCUT2D eigenvalue weighted by Crippen LogP contribution is 2.18. The molecule has 1 aromatic heterocycles. The minimum absolute atomic E-state index is 0. The number of hydrogen-bond acceptors (Lipinski definition) is 3. The van der Waals surface area contributed by atoms with Gasteiger partial charge >= 0.3 is 0 Å². The third-order valence-corrected chi connectivity index (χ3v) is 3.44. The summed E-state index contributed by atoms with van der Waals surface area (Å²) in [6.07, 6.45) is 4.76. The fourth-order valence-electron chi connectivity index (χ4n) is 2.32. The highest BCUT2D eigenvalue weighted by Gasteiger charge is 2.03. The van der Waals surface area contributed by atoms with Crippen LogP contribution in [0.3, 0.4) is 0 Å². The monoisotopic (exact) mass is 457 g/mol. The van der Waals surface area contributed by atoms with Gasteiger partial charge in [0.1, 0.15) is 5.75 Å². The van der Waals surface area contributed by atoms with Crippen molar-refractivity contribution in [1.29, 1.82) is 0 Å². The quantitative estimate of drug-likeness (QED) is 0.263. The van der Waals surface area contributed by atoms with E-state index in [4.69, 9.17) is 4.74 Å². The standard InChI is InChI=1S/C18H27N5O.HI/c1-3-19-18(20-11-7-13-23-14-8-12-22-23)21-15-16-9-5-6-10-17(16)24-4-2;/h5-6,8-10,12,14H,3-4,7,11,13,15H2,1-2H3,(H2,19,20,21);1H. The van der Waals surface area contributed by atoms with E-state index in [-0.39, 0.29) is 24.0 Å². The van der Waals surface area contributed by atoms with E-state index in [0.29, 0.717) is 13.2 Å². The Balaban J connectivity index is 0.00000312. The number of rotatable bonds is 9. The van der Waals surface area contributed by atoms with Crippen molar-refractivity contribution >= 4 is 29.9 Å². The first-order chi connectivity index (χ1) is 11.8. The van der Waals surface area contributed by atoms with Crippen molar-refractivity contribution in [1.82, 2.24) is 20.4 Å². The molecule has 7 heteroatoms. The summed E-state index contributed by atoms with van der Waals surface area (Å²) in [6, 6.07) is 9.97. The van der Waals surface area contributed by atoms with Crippen LogP contribution in [0.1, 0.15) is 25.8 Å². The van der Waals surface area contributed by atoms with Gasteiger partial charge in [-0.2, -0.15) is 5.10 Å². The van der Waals surface area contributed by atoms with E-state index in [9.17, 15) is 0 Å².